The lowest BCUT2D eigenvalue weighted by molar-refractivity contribution is 0.505. The Bertz CT molecular complexity index is 516. The molecule has 1 unspecified atom stereocenters. The van der Waals surface area contributed by atoms with Crippen LogP contribution in [0.5, 0.6) is 0 Å². The minimum atomic E-state index is -0.220. The second kappa shape index (κ2) is 6.98. The second-order valence-electron chi connectivity index (χ2n) is 4.36. The fraction of sp³-hybridized carbons (Fsp3) is 0.357. The molecule has 0 aliphatic rings. The topological polar surface area (TPSA) is 24.9 Å². The van der Waals surface area contributed by atoms with Crippen LogP contribution >= 0.6 is 22.9 Å². The molecule has 0 saturated carbocycles. The molecule has 0 saturated heterocycles. The minimum Gasteiger partial charge on any atom is -0.308 e. The van der Waals surface area contributed by atoms with E-state index in [1.165, 1.54) is 6.07 Å². The quantitative estimate of drug-likeness (QED) is 0.864. The first kappa shape index (κ1) is 14.4. The number of hydrogen-bond acceptors (Lipinski definition) is 3. The van der Waals surface area contributed by atoms with Crippen molar-refractivity contribution >= 4 is 22.9 Å². The summed E-state index contributed by atoms with van der Waals surface area (Å²) in [5.74, 6) is -0.220. The monoisotopic (exact) mass is 298 g/mol. The molecule has 2 rings (SSSR count). The van der Waals surface area contributed by atoms with Crippen LogP contribution in [0, 0.1) is 5.82 Å². The van der Waals surface area contributed by atoms with Crippen LogP contribution in [0.3, 0.4) is 0 Å². The molecule has 1 heterocycles. The summed E-state index contributed by atoms with van der Waals surface area (Å²) < 4.78 is 13.8. The average molecular weight is 299 g/mol. The zero-order chi connectivity index (χ0) is 13.7. The number of aromatic nitrogens is 1. The highest BCUT2D eigenvalue weighted by molar-refractivity contribution is 7.07. The van der Waals surface area contributed by atoms with Gasteiger partial charge in [0, 0.05) is 10.4 Å². The molecule has 1 aromatic heterocycles. The van der Waals surface area contributed by atoms with Crippen LogP contribution in [-0.4, -0.2) is 11.5 Å². The molecule has 1 N–H and O–H groups in total. The standard InChI is InChI=1S/C14H16ClFN2S/c1-2-5-17-13(14-8-19-9-18-14)7-10-6-11(15)3-4-12(10)16/h3-4,6,8-9,13,17H,2,5,7H2,1H3. The summed E-state index contributed by atoms with van der Waals surface area (Å²) in [7, 11) is 0. The van der Waals surface area contributed by atoms with E-state index in [-0.39, 0.29) is 11.9 Å². The molecule has 0 aliphatic carbocycles. The van der Waals surface area contributed by atoms with Gasteiger partial charge in [-0.05, 0) is 43.1 Å². The third kappa shape index (κ3) is 4.00. The van der Waals surface area contributed by atoms with Crippen molar-refractivity contribution in [1.29, 1.82) is 0 Å². The molecule has 0 aliphatic heterocycles. The van der Waals surface area contributed by atoms with E-state index in [1.807, 2.05) is 5.38 Å². The Morgan fingerprint density at radius 3 is 3.00 bits per heavy atom. The summed E-state index contributed by atoms with van der Waals surface area (Å²) in [6.07, 6.45) is 1.58. The molecule has 0 radical (unpaired) electrons. The molecule has 2 aromatic rings. The molecular formula is C14H16ClFN2S. The molecule has 102 valence electrons. The fourth-order valence-electron chi connectivity index (χ4n) is 1.91. The molecule has 1 aromatic carbocycles. The van der Waals surface area contributed by atoms with Crippen LogP contribution in [-0.2, 0) is 6.42 Å². The van der Waals surface area contributed by atoms with Gasteiger partial charge in [0.1, 0.15) is 5.82 Å². The third-order valence-electron chi connectivity index (χ3n) is 2.88. The lowest BCUT2D eigenvalue weighted by atomic mass is 10.0. The van der Waals surface area contributed by atoms with E-state index in [9.17, 15) is 4.39 Å². The molecule has 0 spiro atoms. The highest BCUT2D eigenvalue weighted by Crippen LogP contribution is 2.22. The number of benzene rings is 1. The smallest absolute Gasteiger partial charge is 0.126 e. The predicted molar refractivity (Wildman–Crippen MR) is 78.3 cm³/mol. The van der Waals surface area contributed by atoms with Crippen molar-refractivity contribution in [3.8, 4) is 0 Å². The number of nitrogens with one attached hydrogen (secondary N) is 1. The SMILES string of the molecule is CCCNC(Cc1cc(Cl)ccc1F)c1cscn1. The van der Waals surface area contributed by atoms with Gasteiger partial charge in [-0.2, -0.15) is 0 Å². The number of thiazole rings is 1. The van der Waals surface area contributed by atoms with E-state index in [2.05, 4.69) is 17.2 Å². The van der Waals surface area contributed by atoms with Gasteiger partial charge in [-0.3, -0.25) is 0 Å². The maximum atomic E-state index is 13.8. The highest BCUT2D eigenvalue weighted by atomic mass is 35.5. The number of hydrogen-bond donors (Lipinski definition) is 1. The summed E-state index contributed by atoms with van der Waals surface area (Å²) in [4.78, 5) is 4.32. The normalized spacial score (nSPS) is 12.6. The molecule has 2 nitrogen and oxygen atoms in total. The van der Waals surface area contributed by atoms with Crippen molar-refractivity contribution in [2.45, 2.75) is 25.8 Å². The van der Waals surface area contributed by atoms with Crippen molar-refractivity contribution in [2.75, 3.05) is 6.54 Å². The van der Waals surface area contributed by atoms with E-state index in [0.29, 0.717) is 17.0 Å². The van der Waals surface area contributed by atoms with Gasteiger partial charge in [-0.1, -0.05) is 18.5 Å². The van der Waals surface area contributed by atoms with Gasteiger partial charge in [-0.15, -0.1) is 11.3 Å². The first-order valence-corrected chi connectivity index (χ1v) is 7.58. The van der Waals surface area contributed by atoms with Crippen molar-refractivity contribution in [1.82, 2.24) is 10.3 Å². The Morgan fingerprint density at radius 1 is 1.47 bits per heavy atom. The molecular weight excluding hydrogens is 283 g/mol. The van der Waals surface area contributed by atoms with Crippen LogP contribution in [0.1, 0.15) is 30.6 Å². The maximum Gasteiger partial charge on any atom is 0.126 e. The Hall–Kier alpha value is -0.970. The largest absolute Gasteiger partial charge is 0.308 e. The molecule has 19 heavy (non-hydrogen) atoms. The van der Waals surface area contributed by atoms with E-state index in [0.717, 1.165) is 18.7 Å². The Labute approximate surface area is 121 Å². The van der Waals surface area contributed by atoms with Crippen molar-refractivity contribution in [3.63, 3.8) is 0 Å². The average Bonchev–Trinajstić information content (AvgIpc) is 2.92. The maximum absolute atomic E-state index is 13.8. The summed E-state index contributed by atoms with van der Waals surface area (Å²) in [6, 6.07) is 4.69. The number of rotatable bonds is 6. The van der Waals surface area contributed by atoms with E-state index >= 15 is 0 Å². The van der Waals surface area contributed by atoms with Crippen LogP contribution in [0.4, 0.5) is 4.39 Å². The molecule has 5 heteroatoms. The first-order valence-electron chi connectivity index (χ1n) is 6.26. The summed E-state index contributed by atoms with van der Waals surface area (Å²) in [5.41, 5.74) is 3.37. The van der Waals surface area contributed by atoms with Crippen LogP contribution in [0.15, 0.2) is 29.1 Å². The zero-order valence-electron chi connectivity index (χ0n) is 10.7. The van der Waals surface area contributed by atoms with Crippen molar-refractivity contribution in [2.24, 2.45) is 0 Å². The molecule has 0 fully saturated rings. The zero-order valence-corrected chi connectivity index (χ0v) is 12.3. The Morgan fingerprint density at radius 2 is 2.32 bits per heavy atom. The Kier molecular flexibility index (Phi) is 5.31. The van der Waals surface area contributed by atoms with E-state index in [1.54, 1.807) is 29.0 Å². The summed E-state index contributed by atoms with van der Waals surface area (Å²) in [6.45, 7) is 2.98. The predicted octanol–water partition coefficient (Wildman–Crippen LogP) is 4.22. The van der Waals surface area contributed by atoms with Gasteiger partial charge in [-0.25, -0.2) is 9.37 Å². The lowest BCUT2D eigenvalue weighted by Crippen LogP contribution is -2.24. The van der Waals surface area contributed by atoms with Gasteiger partial charge in [0.05, 0.1) is 17.2 Å². The summed E-state index contributed by atoms with van der Waals surface area (Å²) >= 11 is 7.48. The van der Waals surface area contributed by atoms with Crippen LogP contribution < -0.4 is 5.32 Å². The van der Waals surface area contributed by atoms with Gasteiger partial charge >= 0.3 is 0 Å². The third-order valence-corrected chi connectivity index (χ3v) is 3.72. The van der Waals surface area contributed by atoms with Crippen LogP contribution in [0.25, 0.3) is 0 Å². The Balaban J connectivity index is 2.17. The summed E-state index contributed by atoms with van der Waals surface area (Å²) in [5, 5.41) is 5.96. The van der Waals surface area contributed by atoms with Gasteiger partial charge < -0.3 is 5.32 Å². The number of nitrogens with zero attached hydrogens (tertiary/aromatic N) is 1. The lowest BCUT2D eigenvalue weighted by Gasteiger charge is -2.17. The van der Waals surface area contributed by atoms with E-state index in [4.69, 9.17) is 11.6 Å². The highest BCUT2D eigenvalue weighted by Gasteiger charge is 2.16. The molecule has 0 bridgehead atoms. The van der Waals surface area contributed by atoms with Crippen molar-refractivity contribution < 1.29 is 4.39 Å². The van der Waals surface area contributed by atoms with Gasteiger partial charge in [0.2, 0.25) is 0 Å². The van der Waals surface area contributed by atoms with Gasteiger partial charge in [0.15, 0.2) is 0 Å². The molecule has 0 amide bonds. The number of halogens is 2. The van der Waals surface area contributed by atoms with E-state index < -0.39 is 0 Å². The minimum absolute atomic E-state index is 0.0270. The van der Waals surface area contributed by atoms with Gasteiger partial charge in [0.25, 0.3) is 0 Å². The molecule has 1 atom stereocenters. The fourth-order valence-corrected chi connectivity index (χ4v) is 2.72. The van der Waals surface area contributed by atoms with Crippen molar-refractivity contribution in [3.05, 3.63) is 51.2 Å². The second-order valence-corrected chi connectivity index (χ2v) is 5.51. The van der Waals surface area contributed by atoms with Crippen LogP contribution in [0.2, 0.25) is 5.02 Å². The first-order chi connectivity index (χ1) is 9.20.